The molecule has 0 saturated carbocycles. The Morgan fingerprint density at radius 3 is 2.55 bits per heavy atom. The summed E-state index contributed by atoms with van der Waals surface area (Å²) in [6.45, 7) is 10.9. The highest BCUT2D eigenvalue weighted by atomic mass is 16.2. The molecule has 0 spiro atoms. The largest absolute Gasteiger partial charge is 0.354 e. The van der Waals surface area contributed by atoms with Crippen LogP contribution in [0.3, 0.4) is 0 Å². The van der Waals surface area contributed by atoms with Crippen LogP contribution in [0, 0.1) is 19.8 Å². The average Bonchev–Trinajstić information content (AvgIpc) is 2.78. The molecule has 1 aromatic heterocycles. The molecule has 1 aromatic carbocycles. The highest BCUT2D eigenvalue weighted by Crippen LogP contribution is 2.21. The van der Waals surface area contributed by atoms with Gasteiger partial charge in [0.2, 0.25) is 5.91 Å². The summed E-state index contributed by atoms with van der Waals surface area (Å²) in [7, 11) is 0. The molecule has 1 atom stereocenters. The lowest BCUT2D eigenvalue weighted by Gasteiger charge is -2.16. The first kappa shape index (κ1) is 14.6. The summed E-state index contributed by atoms with van der Waals surface area (Å²) in [4.78, 5) is 16.6. The number of rotatable bonds is 4. The zero-order valence-electron chi connectivity index (χ0n) is 12.9. The van der Waals surface area contributed by atoms with Gasteiger partial charge >= 0.3 is 0 Å². The van der Waals surface area contributed by atoms with E-state index >= 15 is 0 Å². The number of aromatic nitrogens is 2. The van der Waals surface area contributed by atoms with Gasteiger partial charge in [-0.3, -0.25) is 4.79 Å². The first-order chi connectivity index (χ1) is 9.40. The molecule has 1 unspecified atom stereocenters. The lowest BCUT2D eigenvalue weighted by Crippen LogP contribution is -2.33. The van der Waals surface area contributed by atoms with Gasteiger partial charge in [-0.15, -0.1) is 0 Å². The van der Waals surface area contributed by atoms with E-state index in [-0.39, 0.29) is 11.9 Å². The monoisotopic (exact) mass is 273 g/mol. The van der Waals surface area contributed by atoms with Crippen LogP contribution in [0.5, 0.6) is 0 Å². The predicted molar refractivity (Wildman–Crippen MR) is 81.8 cm³/mol. The van der Waals surface area contributed by atoms with Gasteiger partial charge in [-0.1, -0.05) is 13.8 Å². The van der Waals surface area contributed by atoms with Crippen molar-refractivity contribution in [3.63, 3.8) is 0 Å². The molecule has 2 rings (SSSR count). The van der Waals surface area contributed by atoms with Crippen LogP contribution in [-0.4, -0.2) is 22.0 Å². The SMILES string of the molecule is Cc1cc2ncn(C(C)C(=O)NCC(C)C)c2cc1C. The van der Waals surface area contributed by atoms with Crippen molar-refractivity contribution in [3.8, 4) is 0 Å². The van der Waals surface area contributed by atoms with Crippen LogP contribution in [0.1, 0.15) is 37.9 Å². The van der Waals surface area contributed by atoms with Crippen LogP contribution in [-0.2, 0) is 4.79 Å². The number of carbonyl (C=O) groups excluding carboxylic acids is 1. The van der Waals surface area contributed by atoms with Gasteiger partial charge in [0.15, 0.2) is 0 Å². The number of nitrogens with zero attached hydrogens (tertiary/aromatic N) is 2. The quantitative estimate of drug-likeness (QED) is 0.931. The number of amides is 1. The molecule has 1 amide bonds. The Labute approximate surface area is 120 Å². The summed E-state index contributed by atoms with van der Waals surface area (Å²) in [6.07, 6.45) is 1.75. The molecular formula is C16H23N3O. The van der Waals surface area contributed by atoms with Crippen molar-refractivity contribution in [1.82, 2.24) is 14.9 Å². The van der Waals surface area contributed by atoms with Gasteiger partial charge in [-0.2, -0.15) is 0 Å². The number of imidazole rings is 1. The molecule has 1 heterocycles. The molecule has 4 heteroatoms. The zero-order chi connectivity index (χ0) is 14.9. The number of fused-ring (bicyclic) bond motifs is 1. The predicted octanol–water partition coefficient (Wildman–Crippen LogP) is 2.99. The van der Waals surface area contributed by atoms with E-state index in [1.54, 1.807) is 6.33 Å². The molecule has 0 aliphatic heterocycles. The third-order valence-corrected chi connectivity index (χ3v) is 3.67. The van der Waals surface area contributed by atoms with E-state index in [4.69, 9.17) is 0 Å². The molecule has 0 saturated heterocycles. The second-order valence-corrected chi connectivity index (χ2v) is 5.89. The van der Waals surface area contributed by atoms with Crippen molar-refractivity contribution in [2.45, 2.75) is 40.7 Å². The highest BCUT2D eigenvalue weighted by Gasteiger charge is 2.17. The highest BCUT2D eigenvalue weighted by molar-refractivity contribution is 5.84. The minimum absolute atomic E-state index is 0.0382. The molecule has 108 valence electrons. The van der Waals surface area contributed by atoms with Crippen molar-refractivity contribution in [1.29, 1.82) is 0 Å². The Morgan fingerprint density at radius 1 is 1.25 bits per heavy atom. The van der Waals surface area contributed by atoms with Crippen LogP contribution in [0.25, 0.3) is 11.0 Å². The topological polar surface area (TPSA) is 46.9 Å². The second kappa shape index (κ2) is 5.65. The average molecular weight is 273 g/mol. The van der Waals surface area contributed by atoms with E-state index in [2.05, 4.69) is 50.1 Å². The normalized spacial score (nSPS) is 12.9. The first-order valence-corrected chi connectivity index (χ1v) is 7.11. The Bertz CT molecular complexity index is 628. The van der Waals surface area contributed by atoms with Crippen molar-refractivity contribution in [2.75, 3.05) is 6.54 Å². The van der Waals surface area contributed by atoms with Gasteiger partial charge in [-0.05, 0) is 49.9 Å². The van der Waals surface area contributed by atoms with E-state index in [0.717, 1.165) is 11.0 Å². The van der Waals surface area contributed by atoms with E-state index < -0.39 is 0 Å². The van der Waals surface area contributed by atoms with Crippen LogP contribution in [0.2, 0.25) is 0 Å². The zero-order valence-corrected chi connectivity index (χ0v) is 12.9. The fraction of sp³-hybridized carbons (Fsp3) is 0.500. The molecule has 0 radical (unpaired) electrons. The maximum atomic E-state index is 12.2. The molecule has 0 fully saturated rings. The molecule has 2 aromatic rings. The van der Waals surface area contributed by atoms with Crippen molar-refractivity contribution < 1.29 is 4.79 Å². The Kier molecular flexibility index (Phi) is 4.12. The fourth-order valence-electron chi connectivity index (χ4n) is 2.17. The Balaban J connectivity index is 2.28. The number of aryl methyl sites for hydroxylation is 2. The van der Waals surface area contributed by atoms with Crippen molar-refractivity contribution in [2.24, 2.45) is 5.92 Å². The maximum absolute atomic E-state index is 12.2. The fourth-order valence-corrected chi connectivity index (χ4v) is 2.17. The van der Waals surface area contributed by atoms with E-state index in [1.165, 1.54) is 11.1 Å². The van der Waals surface area contributed by atoms with Crippen molar-refractivity contribution >= 4 is 16.9 Å². The third kappa shape index (κ3) is 2.84. The summed E-state index contributed by atoms with van der Waals surface area (Å²) in [5.74, 6) is 0.492. The van der Waals surface area contributed by atoms with Gasteiger partial charge in [0.1, 0.15) is 6.04 Å². The number of hydrogen-bond donors (Lipinski definition) is 1. The summed E-state index contributed by atoms with van der Waals surface area (Å²) >= 11 is 0. The molecule has 4 nitrogen and oxygen atoms in total. The number of carbonyl (C=O) groups is 1. The summed E-state index contributed by atoms with van der Waals surface area (Å²) < 4.78 is 1.94. The minimum atomic E-state index is -0.249. The maximum Gasteiger partial charge on any atom is 0.242 e. The molecular weight excluding hydrogens is 250 g/mol. The Morgan fingerprint density at radius 2 is 1.90 bits per heavy atom. The van der Waals surface area contributed by atoms with Crippen LogP contribution in [0.4, 0.5) is 0 Å². The van der Waals surface area contributed by atoms with Crippen LogP contribution in [0.15, 0.2) is 18.5 Å². The van der Waals surface area contributed by atoms with Crippen molar-refractivity contribution in [3.05, 3.63) is 29.6 Å². The molecule has 20 heavy (non-hydrogen) atoms. The number of hydrogen-bond acceptors (Lipinski definition) is 2. The molecule has 1 N–H and O–H groups in total. The minimum Gasteiger partial charge on any atom is -0.354 e. The first-order valence-electron chi connectivity index (χ1n) is 7.11. The van der Waals surface area contributed by atoms with Gasteiger partial charge in [-0.25, -0.2) is 4.98 Å². The van der Waals surface area contributed by atoms with Gasteiger partial charge < -0.3 is 9.88 Å². The second-order valence-electron chi connectivity index (χ2n) is 5.89. The molecule has 0 aliphatic rings. The smallest absolute Gasteiger partial charge is 0.242 e. The third-order valence-electron chi connectivity index (χ3n) is 3.67. The molecule has 0 aliphatic carbocycles. The lowest BCUT2D eigenvalue weighted by molar-refractivity contribution is -0.123. The number of benzene rings is 1. The summed E-state index contributed by atoms with van der Waals surface area (Å²) in [5, 5.41) is 2.97. The van der Waals surface area contributed by atoms with Gasteiger partial charge in [0.25, 0.3) is 0 Å². The summed E-state index contributed by atoms with van der Waals surface area (Å²) in [6, 6.07) is 3.92. The van der Waals surface area contributed by atoms with Crippen LogP contribution >= 0.6 is 0 Å². The number of nitrogens with one attached hydrogen (secondary N) is 1. The molecule has 0 bridgehead atoms. The Hall–Kier alpha value is -1.84. The van der Waals surface area contributed by atoms with Crippen LogP contribution < -0.4 is 5.32 Å². The lowest BCUT2D eigenvalue weighted by atomic mass is 10.1. The summed E-state index contributed by atoms with van der Waals surface area (Å²) in [5.41, 5.74) is 4.39. The van der Waals surface area contributed by atoms with E-state index in [0.29, 0.717) is 12.5 Å². The van der Waals surface area contributed by atoms with E-state index in [1.807, 2.05) is 11.5 Å². The standard InChI is InChI=1S/C16H23N3O/c1-10(2)8-17-16(20)13(5)19-9-18-14-6-11(3)12(4)7-15(14)19/h6-7,9-10,13H,8H2,1-5H3,(H,17,20). The van der Waals surface area contributed by atoms with Gasteiger partial charge in [0, 0.05) is 6.54 Å². The van der Waals surface area contributed by atoms with Gasteiger partial charge in [0.05, 0.1) is 17.4 Å². The van der Waals surface area contributed by atoms with E-state index in [9.17, 15) is 4.79 Å².